The summed E-state index contributed by atoms with van der Waals surface area (Å²) in [7, 11) is 0. The number of aromatic nitrogens is 2. The SMILES string of the molecule is O=C(NCc1ccccc1)C(=O)NCC1CCN(c2cnccn2)CC1. The average molecular weight is 353 g/mol. The number of carbonyl (C=O) groups is 2. The molecule has 2 heterocycles. The highest BCUT2D eigenvalue weighted by Crippen LogP contribution is 2.20. The van der Waals surface area contributed by atoms with Crippen LogP contribution in [0.25, 0.3) is 0 Å². The molecule has 0 spiro atoms. The van der Waals surface area contributed by atoms with Crippen LogP contribution in [-0.2, 0) is 16.1 Å². The zero-order valence-corrected chi connectivity index (χ0v) is 14.6. The van der Waals surface area contributed by atoms with E-state index in [1.165, 1.54) is 0 Å². The second-order valence-electron chi connectivity index (χ2n) is 6.37. The molecule has 7 heteroatoms. The molecule has 0 radical (unpaired) electrons. The van der Waals surface area contributed by atoms with Crippen LogP contribution in [0.3, 0.4) is 0 Å². The molecule has 3 rings (SSSR count). The summed E-state index contributed by atoms with van der Waals surface area (Å²) in [6, 6.07) is 9.52. The largest absolute Gasteiger partial charge is 0.355 e. The van der Waals surface area contributed by atoms with Gasteiger partial charge in [-0.15, -0.1) is 0 Å². The summed E-state index contributed by atoms with van der Waals surface area (Å²) in [6.45, 7) is 2.62. The molecule has 1 aromatic heterocycles. The van der Waals surface area contributed by atoms with Crippen LogP contribution in [0, 0.1) is 5.92 Å². The zero-order chi connectivity index (χ0) is 18.2. The first-order chi connectivity index (χ1) is 12.7. The molecule has 1 aliphatic heterocycles. The van der Waals surface area contributed by atoms with Crippen molar-refractivity contribution in [2.45, 2.75) is 19.4 Å². The van der Waals surface area contributed by atoms with E-state index < -0.39 is 11.8 Å². The fourth-order valence-electron chi connectivity index (χ4n) is 3.00. The number of nitrogens with one attached hydrogen (secondary N) is 2. The van der Waals surface area contributed by atoms with Gasteiger partial charge in [-0.25, -0.2) is 4.98 Å². The third-order valence-electron chi connectivity index (χ3n) is 4.54. The number of carbonyl (C=O) groups excluding carboxylic acids is 2. The van der Waals surface area contributed by atoms with Gasteiger partial charge >= 0.3 is 11.8 Å². The number of hydrogen-bond acceptors (Lipinski definition) is 5. The molecule has 26 heavy (non-hydrogen) atoms. The molecular formula is C19H23N5O2. The lowest BCUT2D eigenvalue weighted by Gasteiger charge is -2.32. The van der Waals surface area contributed by atoms with E-state index in [0.717, 1.165) is 37.3 Å². The van der Waals surface area contributed by atoms with E-state index in [-0.39, 0.29) is 0 Å². The fraction of sp³-hybridized carbons (Fsp3) is 0.368. The molecule has 0 bridgehead atoms. The minimum absolute atomic E-state index is 0.351. The summed E-state index contributed by atoms with van der Waals surface area (Å²) in [6.07, 6.45) is 7.01. The third-order valence-corrected chi connectivity index (χ3v) is 4.54. The van der Waals surface area contributed by atoms with Crippen molar-refractivity contribution < 1.29 is 9.59 Å². The number of piperidine rings is 1. The van der Waals surface area contributed by atoms with Gasteiger partial charge in [-0.3, -0.25) is 14.6 Å². The van der Waals surface area contributed by atoms with Crippen molar-refractivity contribution in [2.75, 3.05) is 24.5 Å². The normalized spacial score (nSPS) is 14.7. The van der Waals surface area contributed by atoms with Crippen LogP contribution in [0.4, 0.5) is 5.82 Å². The summed E-state index contributed by atoms with van der Waals surface area (Å²) in [5.41, 5.74) is 0.963. The van der Waals surface area contributed by atoms with E-state index in [1.807, 2.05) is 30.3 Å². The minimum atomic E-state index is -0.592. The van der Waals surface area contributed by atoms with E-state index >= 15 is 0 Å². The summed E-state index contributed by atoms with van der Waals surface area (Å²) in [5.74, 6) is 0.0900. The van der Waals surface area contributed by atoms with Crippen LogP contribution in [0.1, 0.15) is 18.4 Å². The van der Waals surface area contributed by atoms with E-state index in [1.54, 1.807) is 18.6 Å². The predicted molar refractivity (Wildman–Crippen MR) is 98.3 cm³/mol. The molecule has 2 N–H and O–H groups in total. The molecule has 0 atom stereocenters. The van der Waals surface area contributed by atoms with Crippen LogP contribution in [0.15, 0.2) is 48.9 Å². The zero-order valence-electron chi connectivity index (χ0n) is 14.6. The molecule has 1 fully saturated rings. The van der Waals surface area contributed by atoms with Gasteiger partial charge in [-0.1, -0.05) is 30.3 Å². The monoisotopic (exact) mass is 353 g/mol. The fourth-order valence-corrected chi connectivity index (χ4v) is 3.00. The standard InChI is InChI=1S/C19H23N5O2/c25-18(22-12-15-4-2-1-3-5-15)19(26)23-13-16-6-10-24(11-7-16)17-14-20-8-9-21-17/h1-5,8-9,14,16H,6-7,10-13H2,(H,22,25)(H,23,26). The average Bonchev–Trinajstić information content (AvgIpc) is 2.72. The Kier molecular flexibility index (Phi) is 6.14. The van der Waals surface area contributed by atoms with Gasteiger partial charge in [0.15, 0.2) is 0 Å². The van der Waals surface area contributed by atoms with Crippen molar-refractivity contribution >= 4 is 17.6 Å². The Labute approximate surface area is 152 Å². The predicted octanol–water partition coefficient (Wildman–Crippen LogP) is 1.13. The Bertz CT molecular complexity index is 715. The Balaban J connectivity index is 1.36. The molecule has 0 saturated carbocycles. The van der Waals surface area contributed by atoms with Crippen LogP contribution in [-0.4, -0.2) is 41.4 Å². The number of amides is 2. The van der Waals surface area contributed by atoms with Gasteiger partial charge in [0.25, 0.3) is 0 Å². The highest BCUT2D eigenvalue weighted by atomic mass is 16.2. The molecule has 1 aromatic carbocycles. The third kappa shape index (κ3) is 5.02. The first-order valence-corrected chi connectivity index (χ1v) is 8.83. The summed E-state index contributed by atoms with van der Waals surface area (Å²) >= 11 is 0. The number of hydrogen-bond donors (Lipinski definition) is 2. The van der Waals surface area contributed by atoms with Crippen LogP contribution in [0.2, 0.25) is 0 Å². The Morgan fingerprint density at radius 1 is 1.04 bits per heavy atom. The lowest BCUT2D eigenvalue weighted by Crippen LogP contribution is -2.43. The summed E-state index contributed by atoms with van der Waals surface area (Å²) in [5, 5.41) is 5.39. The van der Waals surface area contributed by atoms with Gasteiger partial charge in [0.1, 0.15) is 5.82 Å². The maximum absolute atomic E-state index is 11.9. The smallest absolute Gasteiger partial charge is 0.309 e. The molecular weight excluding hydrogens is 330 g/mol. The first-order valence-electron chi connectivity index (χ1n) is 8.83. The van der Waals surface area contributed by atoms with Crippen LogP contribution < -0.4 is 15.5 Å². The molecule has 1 saturated heterocycles. The number of benzene rings is 1. The summed E-state index contributed by atoms with van der Waals surface area (Å²) in [4.78, 5) is 34.4. The van der Waals surface area contributed by atoms with Crippen molar-refractivity contribution in [3.8, 4) is 0 Å². The van der Waals surface area contributed by atoms with Crippen molar-refractivity contribution in [1.82, 2.24) is 20.6 Å². The molecule has 7 nitrogen and oxygen atoms in total. The Hall–Kier alpha value is -2.96. The maximum Gasteiger partial charge on any atom is 0.309 e. The van der Waals surface area contributed by atoms with Gasteiger partial charge in [-0.05, 0) is 24.3 Å². The van der Waals surface area contributed by atoms with E-state index in [9.17, 15) is 9.59 Å². The first kappa shape index (κ1) is 17.8. The quantitative estimate of drug-likeness (QED) is 0.787. The van der Waals surface area contributed by atoms with Gasteiger partial charge < -0.3 is 15.5 Å². The molecule has 0 unspecified atom stereocenters. The highest BCUT2D eigenvalue weighted by molar-refractivity contribution is 6.35. The molecule has 2 amide bonds. The van der Waals surface area contributed by atoms with Gasteiger partial charge in [0.2, 0.25) is 0 Å². The molecule has 1 aliphatic rings. The second-order valence-corrected chi connectivity index (χ2v) is 6.37. The van der Waals surface area contributed by atoms with Gasteiger partial charge in [0.05, 0.1) is 6.20 Å². The lowest BCUT2D eigenvalue weighted by molar-refractivity contribution is -0.139. The second kappa shape index (κ2) is 8.94. The highest BCUT2D eigenvalue weighted by Gasteiger charge is 2.22. The minimum Gasteiger partial charge on any atom is -0.355 e. The van der Waals surface area contributed by atoms with E-state index in [0.29, 0.717) is 19.0 Å². The van der Waals surface area contributed by atoms with Gasteiger partial charge in [-0.2, -0.15) is 0 Å². The number of anilines is 1. The Morgan fingerprint density at radius 3 is 2.46 bits per heavy atom. The lowest BCUT2D eigenvalue weighted by atomic mass is 9.97. The van der Waals surface area contributed by atoms with Crippen molar-refractivity contribution in [1.29, 1.82) is 0 Å². The van der Waals surface area contributed by atoms with E-state index in [4.69, 9.17) is 0 Å². The topological polar surface area (TPSA) is 87.2 Å². The number of rotatable bonds is 5. The van der Waals surface area contributed by atoms with Crippen molar-refractivity contribution in [3.05, 3.63) is 54.5 Å². The van der Waals surface area contributed by atoms with Crippen molar-refractivity contribution in [3.63, 3.8) is 0 Å². The van der Waals surface area contributed by atoms with Gasteiger partial charge in [0, 0.05) is 38.6 Å². The molecule has 0 aliphatic carbocycles. The van der Waals surface area contributed by atoms with Crippen molar-refractivity contribution in [2.24, 2.45) is 5.92 Å². The molecule has 2 aromatic rings. The van der Waals surface area contributed by atoms with Crippen LogP contribution in [0.5, 0.6) is 0 Å². The number of nitrogens with zero attached hydrogens (tertiary/aromatic N) is 3. The Morgan fingerprint density at radius 2 is 1.77 bits per heavy atom. The van der Waals surface area contributed by atoms with E-state index in [2.05, 4.69) is 25.5 Å². The van der Waals surface area contributed by atoms with Crippen LogP contribution >= 0.6 is 0 Å². The maximum atomic E-state index is 11.9. The summed E-state index contributed by atoms with van der Waals surface area (Å²) < 4.78 is 0. The molecule has 136 valence electrons.